The average Bonchev–Trinajstić information content (AvgIpc) is 2.44. The van der Waals surface area contributed by atoms with Crippen molar-refractivity contribution in [1.29, 1.82) is 0 Å². The lowest BCUT2D eigenvalue weighted by molar-refractivity contribution is -0.136. The Morgan fingerprint density at radius 2 is 2.27 bits per heavy atom. The zero-order valence-electron chi connectivity index (χ0n) is 8.08. The fraction of sp³-hybridized carbons (Fsp3) is 0.182. The van der Waals surface area contributed by atoms with Crippen molar-refractivity contribution in [2.24, 2.45) is 0 Å². The van der Waals surface area contributed by atoms with Crippen LogP contribution in [0.1, 0.15) is 10.4 Å². The van der Waals surface area contributed by atoms with Crippen LogP contribution < -0.4 is 0 Å². The quantitative estimate of drug-likeness (QED) is 0.873. The van der Waals surface area contributed by atoms with Crippen LogP contribution in [0.3, 0.4) is 0 Å². The average molecular weight is 241 g/mol. The summed E-state index contributed by atoms with van der Waals surface area (Å²) in [5, 5.41) is 10.5. The number of rotatable bonds is 2. The highest BCUT2D eigenvalue weighted by atomic mass is 35.5. The van der Waals surface area contributed by atoms with Crippen LogP contribution in [-0.2, 0) is 11.2 Å². The van der Waals surface area contributed by atoms with E-state index in [9.17, 15) is 4.79 Å². The Balaban J connectivity index is 2.59. The standard InChI is InChI=1S/C11H9ClO2S/c1-6-8-4-7(12)2-3-9(8)15-10(6)5-11(13)14/h2-4H,5H2,1H3,(H,13,14). The van der Waals surface area contributed by atoms with Gasteiger partial charge in [0.25, 0.3) is 0 Å². The second-order valence-electron chi connectivity index (χ2n) is 3.36. The van der Waals surface area contributed by atoms with E-state index < -0.39 is 5.97 Å². The summed E-state index contributed by atoms with van der Waals surface area (Å²) in [6.07, 6.45) is 0.0861. The molecule has 0 spiro atoms. The highest BCUT2D eigenvalue weighted by Crippen LogP contribution is 2.32. The third-order valence-electron chi connectivity index (χ3n) is 2.31. The highest BCUT2D eigenvalue weighted by Gasteiger charge is 2.11. The van der Waals surface area contributed by atoms with Crippen LogP contribution in [0.5, 0.6) is 0 Å². The van der Waals surface area contributed by atoms with Crippen LogP contribution in [0, 0.1) is 6.92 Å². The van der Waals surface area contributed by atoms with Crippen LogP contribution in [0.4, 0.5) is 0 Å². The maximum absolute atomic E-state index is 10.6. The Kier molecular flexibility index (Phi) is 2.67. The van der Waals surface area contributed by atoms with Gasteiger partial charge < -0.3 is 5.11 Å². The maximum Gasteiger partial charge on any atom is 0.308 e. The molecule has 2 aromatic rings. The van der Waals surface area contributed by atoms with E-state index in [0.717, 1.165) is 20.5 Å². The molecule has 0 unspecified atom stereocenters. The fourth-order valence-electron chi connectivity index (χ4n) is 1.55. The summed E-state index contributed by atoms with van der Waals surface area (Å²) in [5.41, 5.74) is 1.03. The Morgan fingerprint density at radius 1 is 1.53 bits per heavy atom. The first kappa shape index (κ1) is 10.5. The highest BCUT2D eigenvalue weighted by molar-refractivity contribution is 7.19. The van der Waals surface area contributed by atoms with Gasteiger partial charge in [-0.05, 0) is 36.1 Å². The molecule has 0 saturated heterocycles. The number of halogens is 1. The monoisotopic (exact) mass is 240 g/mol. The molecule has 1 heterocycles. The molecule has 2 rings (SSSR count). The zero-order valence-corrected chi connectivity index (χ0v) is 9.65. The van der Waals surface area contributed by atoms with E-state index in [4.69, 9.17) is 16.7 Å². The number of carboxylic acid groups (broad SMARTS) is 1. The third-order valence-corrected chi connectivity index (χ3v) is 3.82. The van der Waals surface area contributed by atoms with Gasteiger partial charge in [0.2, 0.25) is 0 Å². The van der Waals surface area contributed by atoms with E-state index in [-0.39, 0.29) is 6.42 Å². The molecule has 0 amide bonds. The lowest BCUT2D eigenvalue weighted by Crippen LogP contribution is -1.98. The van der Waals surface area contributed by atoms with E-state index in [2.05, 4.69) is 0 Å². The molecule has 1 aromatic carbocycles. The van der Waals surface area contributed by atoms with Gasteiger partial charge in [0.15, 0.2) is 0 Å². The minimum atomic E-state index is -0.796. The summed E-state index contributed by atoms with van der Waals surface area (Å²) < 4.78 is 1.09. The molecule has 4 heteroatoms. The first-order valence-electron chi connectivity index (χ1n) is 4.47. The molecule has 15 heavy (non-hydrogen) atoms. The van der Waals surface area contributed by atoms with Crippen LogP contribution in [0.25, 0.3) is 10.1 Å². The number of aliphatic carboxylic acids is 1. The predicted molar refractivity (Wildman–Crippen MR) is 62.9 cm³/mol. The number of aryl methyl sites for hydroxylation is 1. The topological polar surface area (TPSA) is 37.3 Å². The molecule has 1 aromatic heterocycles. The molecule has 2 nitrogen and oxygen atoms in total. The number of hydrogen-bond donors (Lipinski definition) is 1. The molecule has 0 aliphatic heterocycles. The second kappa shape index (κ2) is 3.83. The predicted octanol–water partition coefficient (Wildman–Crippen LogP) is 3.49. The van der Waals surface area contributed by atoms with Crippen molar-refractivity contribution in [1.82, 2.24) is 0 Å². The molecule has 78 valence electrons. The van der Waals surface area contributed by atoms with E-state index in [1.54, 1.807) is 0 Å². The summed E-state index contributed by atoms with van der Waals surface area (Å²) in [6, 6.07) is 5.64. The van der Waals surface area contributed by atoms with Crippen LogP contribution >= 0.6 is 22.9 Å². The van der Waals surface area contributed by atoms with Crippen molar-refractivity contribution in [3.8, 4) is 0 Å². The van der Waals surface area contributed by atoms with Crippen molar-refractivity contribution < 1.29 is 9.90 Å². The van der Waals surface area contributed by atoms with E-state index in [0.29, 0.717) is 5.02 Å². The van der Waals surface area contributed by atoms with Gasteiger partial charge in [0.05, 0.1) is 6.42 Å². The normalized spacial score (nSPS) is 10.8. The third kappa shape index (κ3) is 1.98. The van der Waals surface area contributed by atoms with Crippen molar-refractivity contribution >= 4 is 39.0 Å². The van der Waals surface area contributed by atoms with Gasteiger partial charge in [-0.25, -0.2) is 0 Å². The summed E-state index contributed by atoms with van der Waals surface area (Å²) in [7, 11) is 0. The van der Waals surface area contributed by atoms with Gasteiger partial charge in [-0.2, -0.15) is 0 Å². The minimum absolute atomic E-state index is 0.0861. The van der Waals surface area contributed by atoms with Crippen molar-refractivity contribution in [2.75, 3.05) is 0 Å². The van der Waals surface area contributed by atoms with E-state index in [1.165, 1.54) is 11.3 Å². The summed E-state index contributed by atoms with van der Waals surface area (Å²) in [6.45, 7) is 1.94. The number of hydrogen-bond acceptors (Lipinski definition) is 2. The maximum atomic E-state index is 10.6. The second-order valence-corrected chi connectivity index (χ2v) is 4.93. The minimum Gasteiger partial charge on any atom is -0.481 e. The molecule has 0 saturated carbocycles. The van der Waals surface area contributed by atoms with Crippen LogP contribution in [0.2, 0.25) is 5.02 Å². The van der Waals surface area contributed by atoms with Crippen molar-refractivity contribution in [3.05, 3.63) is 33.7 Å². The number of thiophene rings is 1. The molecule has 0 bridgehead atoms. The number of carboxylic acids is 1. The summed E-state index contributed by atoms with van der Waals surface area (Å²) in [5.74, 6) is -0.796. The first-order valence-corrected chi connectivity index (χ1v) is 5.66. The Morgan fingerprint density at radius 3 is 2.93 bits per heavy atom. The van der Waals surface area contributed by atoms with Gasteiger partial charge in [-0.1, -0.05) is 11.6 Å². The first-order chi connectivity index (χ1) is 7.08. The van der Waals surface area contributed by atoms with Gasteiger partial charge in [0.1, 0.15) is 0 Å². The largest absolute Gasteiger partial charge is 0.481 e. The summed E-state index contributed by atoms with van der Waals surface area (Å²) >= 11 is 7.42. The van der Waals surface area contributed by atoms with Gasteiger partial charge in [0, 0.05) is 14.6 Å². The van der Waals surface area contributed by atoms with Crippen molar-refractivity contribution in [2.45, 2.75) is 13.3 Å². The molecule has 0 aliphatic carbocycles. The molecule has 0 radical (unpaired) electrons. The SMILES string of the molecule is Cc1c(CC(=O)O)sc2ccc(Cl)cc12. The number of benzene rings is 1. The zero-order chi connectivity index (χ0) is 11.0. The van der Waals surface area contributed by atoms with Crippen LogP contribution in [0.15, 0.2) is 18.2 Å². The van der Waals surface area contributed by atoms with Gasteiger partial charge in [-0.3, -0.25) is 4.79 Å². The summed E-state index contributed by atoms with van der Waals surface area (Å²) in [4.78, 5) is 11.5. The molecular weight excluding hydrogens is 232 g/mol. The molecule has 0 aliphatic rings. The Labute approximate surface area is 96.1 Å². The smallest absolute Gasteiger partial charge is 0.308 e. The molecular formula is C11H9ClO2S. The molecule has 0 atom stereocenters. The van der Waals surface area contributed by atoms with Crippen molar-refractivity contribution in [3.63, 3.8) is 0 Å². The van der Waals surface area contributed by atoms with Gasteiger partial charge in [-0.15, -0.1) is 11.3 Å². The van der Waals surface area contributed by atoms with E-state index in [1.807, 2.05) is 25.1 Å². The van der Waals surface area contributed by atoms with Gasteiger partial charge >= 0.3 is 5.97 Å². The Bertz CT molecular complexity index is 531. The lowest BCUT2D eigenvalue weighted by atomic mass is 10.1. The number of carbonyl (C=O) groups is 1. The Hall–Kier alpha value is -1.06. The molecule has 0 fully saturated rings. The number of fused-ring (bicyclic) bond motifs is 1. The fourth-order valence-corrected chi connectivity index (χ4v) is 2.90. The van der Waals surface area contributed by atoms with Crippen LogP contribution in [-0.4, -0.2) is 11.1 Å². The molecule has 1 N–H and O–H groups in total. The van der Waals surface area contributed by atoms with E-state index >= 15 is 0 Å². The lowest BCUT2D eigenvalue weighted by Gasteiger charge is -1.94.